The number of hydrogen-bond donors (Lipinski definition) is 0. The molecule has 0 aliphatic rings. The molecule has 2 heterocycles. The Morgan fingerprint density at radius 2 is 1.71 bits per heavy atom. The second-order valence-electron chi connectivity index (χ2n) is 7.47. The van der Waals surface area contributed by atoms with Gasteiger partial charge in [-0.05, 0) is 55.0 Å². The van der Waals surface area contributed by atoms with Crippen molar-refractivity contribution in [2.75, 3.05) is 7.11 Å². The molecule has 0 aliphatic heterocycles. The second kappa shape index (κ2) is 12.0. The number of hydrogen-bond acceptors (Lipinski definition) is 5. The average molecular weight is 533 g/mol. The summed E-state index contributed by atoms with van der Waals surface area (Å²) in [4.78, 5) is 4.32. The Morgan fingerprint density at radius 3 is 2.40 bits per heavy atom. The SMILES string of the molecule is COc1ccc(COc2cc(Oc3c(C=Cc4ccccn4)c(C)nn3C)c(Cl)cc2Cl)cc1.Cl. The zero-order valence-corrected chi connectivity index (χ0v) is 21.7. The number of rotatable bonds is 8. The van der Waals surface area contributed by atoms with Gasteiger partial charge in [0.25, 0.3) is 0 Å². The van der Waals surface area contributed by atoms with Crippen LogP contribution in [0.4, 0.5) is 0 Å². The monoisotopic (exact) mass is 531 g/mol. The summed E-state index contributed by atoms with van der Waals surface area (Å²) >= 11 is 12.8. The van der Waals surface area contributed by atoms with E-state index in [1.54, 1.807) is 30.1 Å². The van der Waals surface area contributed by atoms with Gasteiger partial charge in [-0.15, -0.1) is 12.4 Å². The highest BCUT2D eigenvalue weighted by molar-refractivity contribution is 6.36. The minimum Gasteiger partial charge on any atom is -0.497 e. The molecule has 0 N–H and O–H groups in total. The van der Waals surface area contributed by atoms with E-state index in [0.717, 1.165) is 28.3 Å². The fraction of sp³-hybridized carbons (Fsp3) is 0.154. The molecule has 2 aromatic carbocycles. The van der Waals surface area contributed by atoms with Crippen LogP contribution in [0.15, 0.2) is 60.8 Å². The lowest BCUT2D eigenvalue weighted by Crippen LogP contribution is -1.99. The highest BCUT2D eigenvalue weighted by Gasteiger charge is 2.17. The first-order valence-electron chi connectivity index (χ1n) is 10.5. The molecule has 0 aliphatic carbocycles. The number of pyridine rings is 1. The Kier molecular flexibility index (Phi) is 9.04. The predicted molar refractivity (Wildman–Crippen MR) is 142 cm³/mol. The topological polar surface area (TPSA) is 58.4 Å². The molecule has 4 aromatic rings. The smallest absolute Gasteiger partial charge is 0.225 e. The molecule has 0 fully saturated rings. The van der Waals surface area contributed by atoms with Crippen molar-refractivity contribution in [1.82, 2.24) is 14.8 Å². The first-order chi connectivity index (χ1) is 16.4. The van der Waals surface area contributed by atoms with Crippen LogP contribution in [0.25, 0.3) is 12.2 Å². The van der Waals surface area contributed by atoms with Gasteiger partial charge in [-0.25, -0.2) is 4.68 Å². The molecule has 0 atom stereocenters. The van der Waals surface area contributed by atoms with E-state index in [1.165, 1.54) is 0 Å². The normalized spacial score (nSPS) is 10.8. The number of aryl methyl sites for hydroxylation is 2. The molecule has 9 heteroatoms. The molecule has 0 bridgehead atoms. The van der Waals surface area contributed by atoms with Crippen molar-refractivity contribution < 1.29 is 14.2 Å². The quantitative estimate of drug-likeness (QED) is 0.237. The van der Waals surface area contributed by atoms with Crippen LogP contribution in [-0.4, -0.2) is 21.9 Å². The second-order valence-corrected chi connectivity index (χ2v) is 8.28. The van der Waals surface area contributed by atoms with Crippen molar-refractivity contribution in [2.45, 2.75) is 13.5 Å². The van der Waals surface area contributed by atoms with E-state index >= 15 is 0 Å². The minimum absolute atomic E-state index is 0. The summed E-state index contributed by atoms with van der Waals surface area (Å²) in [5, 5.41) is 5.24. The summed E-state index contributed by atoms with van der Waals surface area (Å²) in [7, 11) is 3.44. The van der Waals surface area contributed by atoms with Gasteiger partial charge in [0.1, 0.15) is 18.1 Å². The maximum atomic E-state index is 6.45. The van der Waals surface area contributed by atoms with Crippen LogP contribution >= 0.6 is 35.6 Å². The van der Waals surface area contributed by atoms with Crippen molar-refractivity contribution in [3.63, 3.8) is 0 Å². The van der Waals surface area contributed by atoms with Crippen LogP contribution in [0.3, 0.4) is 0 Å². The number of ether oxygens (including phenoxy) is 3. The fourth-order valence-corrected chi connectivity index (χ4v) is 3.77. The minimum atomic E-state index is 0. The van der Waals surface area contributed by atoms with Crippen LogP contribution in [0, 0.1) is 6.92 Å². The summed E-state index contributed by atoms with van der Waals surface area (Å²) < 4.78 is 19.0. The molecule has 4 rings (SSSR count). The Morgan fingerprint density at radius 1 is 0.971 bits per heavy atom. The molecule has 0 radical (unpaired) electrons. The number of aromatic nitrogens is 3. The van der Waals surface area contributed by atoms with Crippen LogP contribution in [-0.2, 0) is 13.7 Å². The van der Waals surface area contributed by atoms with Crippen LogP contribution in [0.5, 0.6) is 23.1 Å². The third kappa shape index (κ3) is 6.48. The zero-order valence-electron chi connectivity index (χ0n) is 19.4. The van der Waals surface area contributed by atoms with E-state index in [1.807, 2.05) is 68.6 Å². The van der Waals surface area contributed by atoms with E-state index in [4.69, 9.17) is 37.4 Å². The van der Waals surface area contributed by atoms with Crippen LogP contribution in [0.1, 0.15) is 22.5 Å². The summed E-state index contributed by atoms with van der Waals surface area (Å²) in [5.41, 5.74) is 3.43. The predicted octanol–water partition coefficient (Wildman–Crippen LogP) is 7.40. The molecule has 0 saturated heterocycles. The Balaban J connectivity index is 0.00000342. The highest BCUT2D eigenvalue weighted by atomic mass is 35.5. The van der Waals surface area contributed by atoms with E-state index < -0.39 is 0 Å². The van der Waals surface area contributed by atoms with Gasteiger partial charge in [0.15, 0.2) is 5.75 Å². The van der Waals surface area contributed by atoms with Crippen LogP contribution in [0.2, 0.25) is 10.0 Å². The van der Waals surface area contributed by atoms with Crippen molar-refractivity contribution in [3.05, 3.63) is 93.4 Å². The summed E-state index contributed by atoms with van der Waals surface area (Å²) in [5.74, 6) is 2.19. The number of methoxy groups -OCH3 is 1. The number of nitrogens with zero attached hydrogens (tertiary/aromatic N) is 3. The van der Waals surface area contributed by atoms with Crippen molar-refractivity contribution >= 4 is 47.8 Å². The van der Waals surface area contributed by atoms with Gasteiger partial charge in [-0.3, -0.25) is 4.98 Å². The van der Waals surface area contributed by atoms with Gasteiger partial charge in [0, 0.05) is 19.3 Å². The van der Waals surface area contributed by atoms with Gasteiger partial charge in [-0.1, -0.05) is 41.4 Å². The molecular formula is C26H24Cl3N3O3. The molecule has 0 amide bonds. The van der Waals surface area contributed by atoms with Gasteiger partial charge >= 0.3 is 0 Å². The number of benzene rings is 2. The van der Waals surface area contributed by atoms with Crippen molar-refractivity contribution in [3.8, 4) is 23.1 Å². The standard InChI is InChI=1S/C26H23Cl2N3O3.ClH/c1-17-21(12-9-19-6-4-5-13-29-19)26(31(2)30-17)34-25-15-24(22(27)14-23(25)28)33-16-18-7-10-20(32-3)11-8-18;/h4-15H,16H2,1-3H3;1H. The third-order valence-electron chi connectivity index (χ3n) is 5.07. The largest absolute Gasteiger partial charge is 0.497 e. The number of halogens is 3. The van der Waals surface area contributed by atoms with Gasteiger partial charge in [0.05, 0.1) is 34.1 Å². The lowest BCUT2D eigenvalue weighted by molar-refractivity contribution is 0.304. The van der Waals surface area contributed by atoms with Gasteiger partial charge < -0.3 is 14.2 Å². The summed E-state index contributed by atoms with van der Waals surface area (Å²) in [6.45, 7) is 2.24. The maximum absolute atomic E-state index is 6.45. The molecular weight excluding hydrogens is 509 g/mol. The lowest BCUT2D eigenvalue weighted by atomic mass is 10.2. The van der Waals surface area contributed by atoms with Crippen LogP contribution < -0.4 is 14.2 Å². The lowest BCUT2D eigenvalue weighted by Gasteiger charge is -2.13. The van der Waals surface area contributed by atoms with E-state index in [2.05, 4.69) is 10.1 Å². The molecule has 0 spiro atoms. The summed E-state index contributed by atoms with van der Waals surface area (Å²) in [6, 6.07) is 16.6. The highest BCUT2D eigenvalue weighted by Crippen LogP contribution is 2.39. The maximum Gasteiger partial charge on any atom is 0.225 e. The first kappa shape index (κ1) is 26.4. The molecule has 0 unspecified atom stereocenters. The van der Waals surface area contributed by atoms with Crippen molar-refractivity contribution in [1.29, 1.82) is 0 Å². The molecule has 2 aromatic heterocycles. The van der Waals surface area contributed by atoms with Crippen molar-refractivity contribution in [2.24, 2.45) is 7.05 Å². The molecule has 182 valence electrons. The average Bonchev–Trinajstić information content (AvgIpc) is 3.11. The Bertz CT molecular complexity index is 1310. The van der Waals surface area contributed by atoms with Gasteiger partial charge in [0.2, 0.25) is 5.88 Å². The fourth-order valence-electron chi connectivity index (χ4n) is 3.30. The first-order valence-corrected chi connectivity index (χ1v) is 11.3. The van der Waals surface area contributed by atoms with E-state index in [-0.39, 0.29) is 12.4 Å². The molecule has 0 saturated carbocycles. The molecule has 6 nitrogen and oxygen atoms in total. The van der Waals surface area contributed by atoms with E-state index in [0.29, 0.717) is 34.0 Å². The third-order valence-corrected chi connectivity index (χ3v) is 5.66. The van der Waals surface area contributed by atoms with Gasteiger partial charge in [-0.2, -0.15) is 5.10 Å². The Labute approximate surface area is 220 Å². The summed E-state index contributed by atoms with van der Waals surface area (Å²) in [6.07, 6.45) is 5.57. The molecule has 35 heavy (non-hydrogen) atoms. The Hall–Kier alpha value is -3.19. The zero-order chi connectivity index (χ0) is 24.1. The van der Waals surface area contributed by atoms with E-state index in [9.17, 15) is 0 Å².